The van der Waals surface area contributed by atoms with Crippen molar-refractivity contribution < 1.29 is 13.3 Å². The summed E-state index contributed by atoms with van der Waals surface area (Å²) in [5.74, 6) is 0. The fourth-order valence-corrected chi connectivity index (χ4v) is 4.55. The van der Waals surface area contributed by atoms with E-state index >= 15 is 0 Å². The van der Waals surface area contributed by atoms with Gasteiger partial charge in [0.2, 0.25) is 10.0 Å². The fraction of sp³-hybridized carbons (Fsp3) is 0.294. The SMILES string of the molecule is O=[N+]([O-])c1ccc(S(=O)(=O)N2CCN(Cc3ccc(Br)cc3)CC2)cc1. The summed E-state index contributed by atoms with van der Waals surface area (Å²) in [4.78, 5) is 12.5. The normalized spacial score (nSPS) is 16.5. The summed E-state index contributed by atoms with van der Waals surface area (Å²) in [6.07, 6.45) is 0. The Morgan fingerprint density at radius 3 is 2.08 bits per heavy atom. The van der Waals surface area contributed by atoms with E-state index in [1.807, 2.05) is 24.3 Å². The number of rotatable bonds is 5. The van der Waals surface area contributed by atoms with E-state index in [1.54, 1.807) is 0 Å². The van der Waals surface area contributed by atoms with E-state index in [2.05, 4.69) is 20.8 Å². The molecule has 138 valence electrons. The second-order valence-corrected chi connectivity index (χ2v) is 8.91. The van der Waals surface area contributed by atoms with E-state index < -0.39 is 14.9 Å². The van der Waals surface area contributed by atoms with Crippen LogP contribution in [0.25, 0.3) is 0 Å². The summed E-state index contributed by atoms with van der Waals surface area (Å²) in [6.45, 7) is 2.86. The van der Waals surface area contributed by atoms with E-state index in [0.717, 1.165) is 11.0 Å². The lowest BCUT2D eigenvalue weighted by Gasteiger charge is -2.34. The van der Waals surface area contributed by atoms with Crippen molar-refractivity contribution in [3.8, 4) is 0 Å². The molecule has 0 aliphatic carbocycles. The van der Waals surface area contributed by atoms with E-state index in [-0.39, 0.29) is 10.6 Å². The summed E-state index contributed by atoms with van der Waals surface area (Å²) in [5.41, 5.74) is 1.06. The van der Waals surface area contributed by atoms with Gasteiger partial charge in [-0.25, -0.2) is 8.42 Å². The van der Waals surface area contributed by atoms with Gasteiger partial charge in [0.15, 0.2) is 0 Å². The van der Waals surface area contributed by atoms with Crippen LogP contribution in [0.1, 0.15) is 5.56 Å². The van der Waals surface area contributed by atoms with Gasteiger partial charge >= 0.3 is 0 Å². The van der Waals surface area contributed by atoms with Crippen molar-refractivity contribution in [3.63, 3.8) is 0 Å². The molecule has 0 bridgehead atoms. The molecule has 2 aromatic rings. The van der Waals surface area contributed by atoms with Crippen LogP contribution in [0.4, 0.5) is 5.69 Å². The van der Waals surface area contributed by atoms with Crippen LogP contribution in [0.3, 0.4) is 0 Å². The highest BCUT2D eigenvalue weighted by molar-refractivity contribution is 9.10. The zero-order chi connectivity index (χ0) is 18.7. The molecule has 1 aliphatic heterocycles. The molecule has 26 heavy (non-hydrogen) atoms. The van der Waals surface area contributed by atoms with E-state index in [9.17, 15) is 18.5 Å². The van der Waals surface area contributed by atoms with Crippen molar-refractivity contribution in [2.75, 3.05) is 26.2 Å². The molecular formula is C17H18BrN3O4S. The van der Waals surface area contributed by atoms with Gasteiger partial charge in [0, 0.05) is 49.3 Å². The highest BCUT2D eigenvalue weighted by atomic mass is 79.9. The third kappa shape index (κ3) is 4.29. The summed E-state index contributed by atoms with van der Waals surface area (Å²) in [7, 11) is -3.63. The Hall–Kier alpha value is -1.81. The predicted molar refractivity (Wildman–Crippen MR) is 101 cm³/mol. The van der Waals surface area contributed by atoms with Gasteiger partial charge in [-0.2, -0.15) is 4.31 Å². The van der Waals surface area contributed by atoms with Crippen LogP contribution in [-0.4, -0.2) is 48.7 Å². The molecular weight excluding hydrogens is 422 g/mol. The van der Waals surface area contributed by atoms with Crippen molar-refractivity contribution in [2.45, 2.75) is 11.4 Å². The number of halogens is 1. The fourth-order valence-electron chi connectivity index (χ4n) is 2.86. The molecule has 1 saturated heterocycles. The van der Waals surface area contributed by atoms with Crippen LogP contribution < -0.4 is 0 Å². The van der Waals surface area contributed by atoms with Crippen LogP contribution >= 0.6 is 15.9 Å². The average molecular weight is 440 g/mol. The first-order valence-corrected chi connectivity index (χ1v) is 10.3. The second-order valence-electron chi connectivity index (χ2n) is 6.06. The van der Waals surface area contributed by atoms with Crippen LogP contribution in [0.5, 0.6) is 0 Å². The van der Waals surface area contributed by atoms with E-state index in [0.29, 0.717) is 26.2 Å². The molecule has 0 N–H and O–H groups in total. The van der Waals surface area contributed by atoms with Gasteiger partial charge in [-0.3, -0.25) is 15.0 Å². The smallest absolute Gasteiger partial charge is 0.269 e. The zero-order valence-electron chi connectivity index (χ0n) is 13.9. The maximum absolute atomic E-state index is 12.7. The molecule has 7 nitrogen and oxygen atoms in total. The van der Waals surface area contributed by atoms with Crippen molar-refractivity contribution in [1.82, 2.24) is 9.21 Å². The van der Waals surface area contributed by atoms with E-state index in [4.69, 9.17) is 0 Å². The number of hydrogen-bond acceptors (Lipinski definition) is 5. The molecule has 1 aliphatic rings. The molecule has 0 amide bonds. The number of non-ortho nitro benzene ring substituents is 1. The summed E-state index contributed by atoms with van der Waals surface area (Å²) in [6, 6.07) is 13.1. The Kier molecular flexibility index (Phi) is 5.71. The number of sulfonamides is 1. The number of benzene rings is 2. The first kappa shape index (κ1) is 19.0. The largest absolute Gasteiger partial charge is 0.296 e. The Balaban J connectivity index is 1.62. The third-order valence-corrected chi connectivity index (χ3v) is 6.78. The minimum atomic E-state index is -3.63. The molecule has 1 fully saturated rings. The zero-order valence-corrected chi connectivity index (χ0v) is 16.3. The number of piperazine rings is 1. The first-order chi connectivity index (χ1) is 12.4. The lowest BCUT2D eigenvalue weighted by Crippen LogP contribution is -2.48. The molecule has 0 radical (unpaired) electrons. The number of hydrogen-bond donors (Lipinski definition) is 0. The number of nitro groups is 1. The predicted octanol–water partition coefficient (Wildman–Crippen LogP) is 2.86. The molecule has 0 atom stereocenters. The molecule has 0 saturated carbocycles. The maximum atomic E-state index is 12.7. The van der Waals surface area contributed by atoms with Crippen molar-refractivity contribution in [2.24, 2.45) is 0 Å². The topological polar surface area (TPSA) is 83.8 Å². The number of nitrogens with zero attached hydrogens (tertiary/aromatic N) is 3. The highest BCUT2D eigenvalue weighted by Gasteiger charge is 2.28. The van der Waals surface area contributed by atoms with Gasteiger partial charge in [-0.1, -0.05) is 28.1 Å². The van der Waals surface area contributed by atoms with Gasteiger partial charge in [0.25, 0.3) is 5.69 Å². The van der Waals surface area contributed by atoms with Gasteiger partial charge < -0.3 is 0 Å². The second kappa shape index (κ2) is 7.83. The lowest BCUT2D eigenvalue weighted by molar-refractivity contribution is -0.384. The Labute approximate surface area is 160 Å². The Bertz CT molecular complexity index is 877. The van der Waals surface area contributed by atoms with Gasteiger partial charge in [-0.15, -0.1) is 0 Å². The molecule has 0 unspecified atom stereocenters. The van der Waals surface area contributed by atoms with Crippen molar-refractivity contribution in [1.29, 1.82) is 0 Å². The minimum absolute atomic E-state index is 0.0875. The van der Waals surface area contributed by atoms with Crippen molar-refractivity contribution in [3.05, 3.63) is 68.7 Å². The molecule has 2 aromatic carbocycles. The van der Waals surface area contributed by atoms with Crippen LogP contribution in [0.2, 0.25) is 0 Å². The third-order valence-electron chi connectivity index (χ3n) is 4.34. The summed E-state index contributed by atoms with van der Waals surface area (Å²) in [5, 5.41) is 10.7. The molecule has 0 aromatic heterocycles. The van der Waals surface area contributed by atoms with Crippen LogP contribution in [0.15, 0.2) is 57.9 Å². The standard InChI is InChI=1S/C17H18BrN3O4S/c18-15-3-1-14(2-4-15)13-19-9-11-20(12-10-19)26(24,25)17-7-5-16(6-8-17)21(22)23/h1-8H,9-13H2. The summed E-state index contributed by atoms with van der Waals surface area (Å²) < 4.78 is 27.9. The lowest BCUT2D eigenvalue weighted by atomic mass is 10.2. The monoisotopic (exact) mass is 439 g/mol. The minimum Gasteiger partial charge on any atom is -0.296 e. The Morgan fingerprint density at radius 2 is 1.54 bits per heavy atom. The van der Waals surface area contributed by atoms with E-state index in [1.165, 1.54) is 34.1 Å². The van der Waals surface area contributed by atoms with Crippen molar-refractivity contribution >= 4 is 31.6 Å². The van der Waals surface area contributed by atoms with Gasteiger partial charge in [0.05, 0.1) is 9.82 Å². The van der Waals surface area contributed by atoms with Gasteiger partial charge in [-0.05, 0) is 29.8 Å². The Morgan fingerprint density at radius 1 is 0.962 bits per heavy atom. The highest BCUT2D eigenvalue weighted by Crippen LogP contribution is 2.21. The quantitative estimate of drug-likeness (QED) is 0.528. The molecule has 0 spiro atoms. The summed E-state index contributed by atoms with van der Waals surface area (Å²) >= 11 is 3.41. The first-order valence-electron chi connectivity index (χ1n) is 8.08. The average Bonchev–Trinajstić information content (AvgIpc) is 2.64. The molecule has 9 heteroatoms. The molecule has 3 rings (SSSR count). The number of nitro benzene ring substituents is 1. The maximum Gasteiger partial charge on any atom is 0.269 e. The van der Waals surface area contributed by atoms with Gasteiger partial charge in [0.1, 0.15) is 0 Å². The molecule has 1 heterocycles. The van der Waals surface area contributed by atoms with Crippen LogP contribution in [0, 0.1) is 10.1 Å². The van der Waals surface area contributed by atoms with Crippen LogP contribution in [-0.2, 0) is 16.6 Å².